The van der Waals surface area contributed by atoms with Crippen molar-refractivity contribution in [3.63, 3.8) is 0 Å². The SMILES string of the molecule is COP(=O)(OC)P(c1ccccc1)c1ccccc1. The molecule has 0 bridgehead atoms. The predicted octanol–water partition coefficient (Wildman–Crippen LogP) is 3.52. The van der Waals surface area contributed by atoms with Gasteiger partial charge in [0.1, 0.15) is 0 Å². The predicted molar refractivity (Wildman–Crippen MR) is 80.7 cm³/mol. The van der Waals surface area contributed by atoms with E-state index >= 15 is 0 Å². The molecule has 0 saturated carbocycles. The second kappa shape index (κ2) is 6.45. The van der Waals surface area contributed by atoms with Crippen LogP contribution in [0, 0.1) is 0 Å². The van der Waals surface area contributed by atoms with Crippen molar-refractivity contribution in [1.29, 1.82) is 0 Å². The Morgan fingerprint density at radius 1 is 0.789 bits per heavy atom. The maximum absolute atomic E-state index is 12.8. The first-order valence-electron chi connectivity index (χ1n) is 5.83. The lowest BCUT2D eigenvalue weighted by atomic mass is 10.4. The normalized spacial score (nSPS) is 11.7. The largest absolute Gasteiger partial charge is 0.357 e. The molecule has 0 saturated heterocycles. The van der Waals surface area contributed by atoms with Gasteiger partial charge in [-0.2, -0.15) is 0 Å². The summed E-state index contributed by atoms with van der Waals surface area (Å²) >= 11 is 0. The summed E-state index contributed by atoms with van der Waals surface area (Å²) in [6.45, 7) is 0. The molecule has 0 N–H and O–H groups in total. The summed E-state index contributed by atoms with van der Waals surface area (Å²) in [5.74, 6) is 0. The van der Waals surface area contributed by atoms with Gasteiger partial charge in [0.05, 0.1) is 7.61 Å². The lowest BCUT2D eigenvalue weighted by molar-refractivity contribution is 0.294. The first kappa shape index (κ1) is 14.4. The Kier molecular flexibility index (Phi) is 4.90. The molecule has 0 fully saturated rings. The van der Waals surface area contributed by atoms with Crippen LogP contribution in [0.15, 0.2) is 60.7 Å². The van der Waals surface area contributed by atoms with Gasteiger partial charge < -0.3 is 9.05 Å². The first-order chi connectivity index (χ1) is 9.21. The Hall–Kier alpha value is -0.980. The molecule has 2 aromatic carbocycles. The average Bonchev–Trinajstić information content (AvgIpc) is 2.49. The molecule has 0 radical (unpaired) electrons. The average molecular weight is 294 g/mol. The molecule has 100 valence electrons. The van der Waals surface area contributed by atoms with Crippen LogP contribution in [0.4, 0.5) is 0 Å². The second-order valence-electron chi connectivity index (χ2n) is 3.82. The highest BCUT2D eigenvalue weighted by Crippen LogP contribution is 2.74. The molecule has 0 spiro atoms. The van der Waals surface area contributed by atoms with Crippen molar-refractivity contribution in [3.8, 4) is 0 Å². The summed E-state index contributed by atoms with van der Waals surface area (Å²) in [4.78, 5) is 0. The Balaban J connectivity index is 2.55. The maximum Gasteiger partial charge on any atom is 0.357 e. The molecule has 0 aliphatic rings. The minimum Gasteiger partial charge on any atom is -0.309 e. The highest BCUT2D eigenvalue weighted by Gasteiger charge is 2.36. The van der Waals surface area contributed by atoms with Crippen LogP contribution in [0.1, 0.15) is 0 Å². The van der Waals surface area contributed by atoms with E-state index in [9.17, 15) is 4.57 Å². The van der Waals surface area contributed by atoms with E-state index in [2.05, 4.69) is 0 Å². The zero-order valence-electron chi connectivity index (χ0n) is 10.9. The number of hydrogen-bond acceptors (Lipinski definition) is 3. The third-order valence-electron chi connectivity index (χ3n) is 2.71. The van der Waals surface area contributed by atoms with Gasteiger partial charge in [-0.1, -0.05) is 60.7 Å². The van der Waals surface area contributed by atoms with Gasteiger partial charge >= 0.3 is 7.28 Å². The van der Waals surface area contributed by atoms with Crippen molar-refractivity contribution in [1.82, 2.24) is 0 Å². The van der Waals surface area contributed by atoms with Crippen molar-refractivity contribution in [2.45, 2.75) is 0 Å². The van der Waals surface area contributed by atoms with E-state index < -0.39 is 14.9 Å². The van der Waals surface area contributed by atoms with Crippen molar-refractivity contribution in [2.75, 3.05) is 14.2 Å². The van der Waals surface area contributed by atoms with Crippen molar-refractivity contribution in [3.05, 3.63) is 60.7 Å². The van der Waals surface area contributed by atoms with Crippen LogP contribution in [-0.2, 0) is 13.6 Å². The van der Waals surface area contributed by atoms with E-state index in [1.807, 2.05) is 60.7 Å². The Morgan fingerprint density at radius 3 is 1.47 bits per heavy atom. The lowest BCUT2D eigenvalue weighted by Crippen LogP contribution is -2.12. The zero-order chi connectivity index (χ0) is 13.7. The summed E-state index contributed by atoms with van der Waals surface area (Å²) in [6.07, 6.45) is 0. The van der Waals surface area contributed by atoms with Gasteiger partial charge in [0.2, 0.25) is 0 Å². The van der Waals surface area contributed by atoms with Gasteiger partial charge in [-0.3, -0.25) is 4.57 Å². The molecule has 0 amide bonds. The molecule has 0 atom stereocenters. The third-order valence-corrected chi connectivity index (χ3v) is 9.53. The molecular formula is C14H16O3P2. The van der Waals surface area contributed by atoms with Crippen molar-refractivity contribution < 1.29 is 13.6 Å². The van der Waals surface area contributed by atoms with Crippen molar-refractivity contribution in [2.24, 2.45) is 0 Å². The number of benzene rings is 2. The van der Waals surface area contributed by atoms with E-state index in [0.717, 1.165) is 10.6 Å². The zero-order valence-corrected chi connectivity index (χ0v) is 12.7. The number of rotatable bonds is 5. The summed E-state index contributed by atoms with van der Waals surface area (Å²) in [5.41, 5.74) is 0. The molecule has 0 aromatic heterocycles. The van der Waals surface area contributed by atoms with E-state index in [1.165, 1.54) is 14.2 Å². The van der Waals surface area contributed by atoms with Gasteiger partial charge in [0, 0.05) is 14.2 Å². The molecule has 19 heavy (non-hydrogen) atoms. The quantitative estimate of drug-likeness (QED) is 0.791. The van der Waals surface area contributed by atoms with Crippen LogP contribution < -0.4 is 10.6 Å². The van der Waals surface area contributed by atoms with Crippen LogP contribution in [0.5, 0.6) is 0 Å². The molecule has 0 unspecified atom stereocenters. The second-order valence-corrected chi connectivity index (χ2v) is 9.81. The molecule has 0 aliphatic carbocycles. The third kappa shape index (κ3) is 3.13. The molecule has 2 aromatic rings. The molecule has 5 heteroatoms. The standard InChI is InChI=1S/C14H16O3P2/c1-16-19(15,17-2)18(13-9-5-3-6-10-13)14-11-7-4-8-12-14/h3-12H,1-2H3. The van der Waals surface area contributed by atoms with Crippen LogP contribution in [0.3, 0.4) is 0 Å². The van der Waals surface area contributed by atoms with E-state index in [4.69, 9.17) is 9.05 Å². The highest BCUT2D eigenvalue weighted by molar-refractivity contribution is 8.35. The maximum atomic E-state index is 12.8. The fourth-order valence-electron chi connectivity index (χ4n) is 1.81. The van der Waals surface area contributed by atoms with Gasteiger partial charge in [0.25, 0.3) is 0 Å². The summed E-state index contributed by atoms with van der Waals surface area (Å²) in [5, 5.41) is 1.96. The summed E-state index contributed by atoms with van der Waals surface area (Å²) in [6, 6.07) is 19.5. The summed E-state index contributed by atoms with van der Waals surface area (Å²) in [7, 11) is -1.48. The van der Waals surface area contributed by atoms with Crippen LogP contribution in [-0.4, -0.2) is 14.2 Å². The fraction of sp³-hybridized carbons (Fsp3) is 0.143. The number of hydrogen-bond donors (Lipinski definition) is 0. The van der Waals surface area contributed by atoms with E-state index in [1.54, 1.807) is 0 Å². The minimum atomic E-state index is -3.17. The molecule has 2 rings (SSSR count). The molecular weight excluding hydrogens is 278 g/mol. The fourth-order valence-corrected chi connectivity index (χ4v) is 7.53. The molecule has 3 nitrogen and oxygen atoms in total. The van der Waals surface area contributed by atoms with Crippen molar-refractivity contribution >= 4 is 25.5 Å². The topological polar surface area (TPSA) is 35.5 Å². The molecule has 0 heterocycles. The van der Waals surface area contributed by atoms with Gasteiger partial charge in [-0.05, 0) is 10.6 Å². The van der Waals surface area contributed by atoms with Gasteiger partial charge in [0.15, 0.2) is 0 Å². The molecule has 0 aliphatic heterocycles. The lowest BCUT2D eigenvalue weighted by Gasteiger charge is -2.25. The Labute approximate surface area is 114 Å². The van der Waals surface area contributed by atoms with E-state index in [0.29, 0.717) is 0 Å². The van der Waals surface area contributed by atoms with Gasteiger partial charge in [-0.25, -0.2) is 0 Å². The van der Waals surface area contributed by atoms with Crippen LogP contribution in [0.2, 0.25) is 0 Å². The summed E-state index contributed by atoms with van der Waals surface area (Å²) < 4.78 is 23.3. The van der Waals surface area contributed by atoms with Crippen LogP contribution >= 0.6 is 14.9 Å². The van der Waals surface area contributed by atoms with E-state index in [-0.39, 0.29) is 0 Å². The first-order valence-corrected chi connectivity index (χ1v) is 9.42. The Morgan fingerprint density at radius 2 is 1.16 bits per heavy atom. The smallest absolute Gasteiger partial charge is 0.309 e. The Bertz CT molecular complexity index is 510. The van der Waals surface area contributed by atoms with Crippen LogP contribution in [0.25, 0.3) is 0 Å². The minimum absolute atomic E-state index is 0.982. The monoisotopic (exact) mass is 294 g/mol. The highest BCUT2D eigenvalue weighted by atomic mass is 32.1. The van der Waals surface area contributed by atoms with Gasteiger partial charge in [-0.15, -0.1) is 0 Å².